The second kappa shape index (κ2) is 7.47. The Labute approximate surface area is 165 Å². The molecule has 1 radical (unpaired) electrons. The number of amides is 1. The molecule has 1 aliphatic heterocycles. The number of aromatic nitrogens is 2. The van der Waals surface area contributed by atoms with Crippen LogP contribution in [0.5, 0.6) is 0 Å². The minimum absolute atomic E-state index is 0.0678. The largest absolute Gasteiger partial charge is 0.353 e. The molecule has 1 amide bonds. The predicted molar refractivity (Wildman–Crippen MR) is 107 cm³/mol. The second-order valence-electron chi connectivity index (χ2n) is 7.41. The van der Waals surface area contributed by atoms with E-state index in [2.05, 4.69) is 28.7 Å². The maximum atomic E-state index is 12.9. The first-order valence-electron chi connectivity index (χ1n) is 9.50. The number of carbonyl (C=O) groups excluding carboxylic acids is 1. The Bertz CT molecular complexity index is 831. The third-order valence-electron chi connectivity index (χ3n) is 5.71. The molecular formula is C21H24ClN4O. The number of carbonyl (C=O) groups is 1. The highest BCUT2D eigenvalue weighted by molar-refractivity contribution is 6.30. The van der Waals surface area contributed by atoms with Crippen LogP contribution in [0.2, 0.25) is 5.02 Å². The summed E-state index contributed by atoms with van der Waals surface area (Å²) in [6.45, 7) is 9.27. The fourth-order valence-corrected chi connectivity index (χ4v) is 4.20. The van der Waals surface area contributed by atoms with Gasteiger partial charge in [0.2, 0.25) is 5.91 Å². The summed E-state index contributed by atoms with van der Waals surface area (Å²) in [7, 11) is 0. The van der Waals surface area contributed by atoms with Crippen molar-refractivity contribution in [1.29, 1.82) is 0 Å². The first-order valence-corrected chi connectivity index (χ1v) is 9.88. The quantitative estimate of drug-likeness (QED) is 0.814. The molecule has 0 saturated carbocycles. The summed E-state index contributed by atoms with van der Waals surface area (Å²) in [5, 5.41) is 0.665. The minimum atomic E-state index is -0.405. The van der Waals surface area contributed by atoms with Gasteiger partial charge in [-0.3, -0.25) is 4.79 Å². The van der Waals surface area contributed by atoms with Gasteiger partial charge in [-0.15, -0.1) is 0 Å². The number of rotatable bonds is 3. The van der Waals surface area contributed by atoms with Crippen LogP contribution in [0.3, 0.4) is 0 Å². The highest BCUT2D eigenvalue weighted by Crippen LogP contribution is 2.37. The van der Waals surface area contributed by atoms with Crippen LogP contribution in [-0.4, -0.2) is 47.0 Å². The lowest BCUT2D eigenvalue weighted by molar-refractivity contribution is -0.132. The fourth-order valence-electron chi connectivity index (χ4n) is 4.07. The summed E-state index contributed by atoms with van der Waals surface area (Å²) in [6, 6.07) is 7.35. The van der Waals surface area contributed by atoms with Gasteiger partial charge in [0, 0.05) is 42.5 Å². The summed E-state index contributed by atoms with van der Waals surface area (Å²) >= 11 is 5.94. The first-order chi connectivity index (χ1) is 13.0. The van der Waals surface area contributed by atoms with Gasteiger partial charge in [0.1, 0.15) is 12.1 Å². The van der Waals surface area contributed by atoms with Crippen LogP contribution in [0.4, 0.5) is 5.82 Å². The topological polar surface area (TPSA) is 49.3 Å². The van der Waals surface area contributed by atoms with Crippen LogP contribution in [0.25, 0.3) is 0 Å². The Hall–Kier alpha value is -2.14. The lowest BCUT2D eigenvalue weighted by atomic mass is 9.99. The van der Waals surface area contributed by atoms with E-state index in [1.165, 1.54) is 11.3 Å². The summed E-state index contributed by atoms with van der Waals surface area (Å²) < 4.78 is 0. The van der Waals surface area contributed by atoms with Gasteiger partial charge in [0.15, 0.2) is 0 Å². The average Bonchev–Trinajstić information content (AvgIpc) is 3.09. The van der Waals surface area contributed by atoms with Crippen LogP contribution < -0.4 is 4.90 Å². The first kappa shape index (κ1) is 18.2. The van der Waals surface area contributed by atoms with Crippen molar-refractivity contribution >= 4 is 23.3 Å². The summed E-state index contributed by atoms with van der Waals surface area (Å²) in [4.78, 5) is 26.1. The predicted octanol–water partition coefficient (Wildman–Crippen LogP) is 3.45. The van der Waals surface area contributed by atoms with Crippen molar-refractivity contribution in [2.24, 2.45) is 0 Å². The molecular weight excluding hydrogens is 360 g/mol. The highest BCUT2D eigenvalue weighted by atomic mass is 35.5. The number of hydrogen-bond acceptors (Lipinski definition) is 4. The van der Waals surface area contributed by atoms with Crippen molar-refractivity contribution in [2.75, 3.05) is 31.1 Å². The smallest absolute Gasteiger partial charge is 0.230 e. The lowest BCUT2D eigenvalue weighted by Crippen LogP contribution is -2.50. The molecule has 27 heavy (non-hydrogen) atoms. The van der Waals surface area contributed by atoms with Crippen molar-refractivity contribution in [3.63, 3.8) is 0 Å². The second-order valence-corrected chi connectivity index (χ2v) is 7.85. The Morgan fingerprint density at radius 2 is 1.89 bits per heavy atom. The summed E-state index contributed by atoms with van der Waals surface area (Å²) in [5.74, 6) is 1.22. The molecule has 2 aromatic rings. The number of nitrogens with zero attached hydrogens (tertiary/aromatic N) is 4. The molecule has 2 atom stereocenters. The standard InChI is InChI=1S/C21H24ClN4O/c1-14-3-8-18-19(14)20(24-13-23-18)25-9-11-26(12-10-25)21(27)15(2)16-4-6-17(22)7-5-16/h4-7,13-15H,2-3,8-12H2,1H3/t14-,15?/m1/s1. The molecule has 1 saturated heterocycles. The van der Waals surface area contributed by atoms with Gasteiger partial charge in [-0.05, 0) is 43.4 Å². The minimum Gasteiger partial charge on any atom is -0.353 e. The molecule has 141 valence electrons. The van der Waals surface area contributed by atoms with Crippen molar-refractivity contribution < 1.29 is 4.79 Å². The van der Waals surface area contributed by atoms with Crippen LogP contribution in [-0.2, 0) is 11.2 Å². The Morgan fingerprint density at radius 1 is 1.19 bits per heavy atom. The SMILES string of the molecule is [CH2]C(C(=O)N1CCN(c2ncnc3c2[C@H](C)CC3)CC1)c1ccc(Cl)cc1. The van der Waals surface area contributed by atoms with E-state index in [9.17, 15) is 4.79 Å². The van der Waals surface area contributed by atoms with Crippen molar-refractivity contribution in [2.45, 2.75) is 31.6 Å². The van der Waals surface area contributed by atoms with Gasteiger partial charge in [0.05, 0.1) is 5.92 Å². The molecule has 5 nitrogen and oxygen atoms in total. The fraction of sp³-hybridized carbons (Fsp3) is 0.429. The van der Waals surface area contributed by atoms with Crippen molar-refractivity contribution in [3.8, 4) is 0 Å². The molecule has 1 unspecified atom stereocenters. The average molecular weight is 384 g/mol. The van der Waals surface area contributed by atoms with Crippen LogP contribution >= 0.6 is 11.6 Å². The Morgan fingerprint density at radius 3 is 2.59 bits per heavy atom. The maximum Gasteiger partial charge on any atom is 0.230 e. The number of anilines is 1. The normalized spacial score (nSPS) is 20.5. The van der Waals surface area contributed by atoms with Crippen molar-refractivity contribution in [3.05, 3.63) is 59.4 Å². The van der Waals surface area contributed by atoms with Crippen LogP contribution in [0, 0.1) is 6.92 Å². The summed E-state index contributed by atoms with van der Waals surface area (Å²) in [6.07, 6.45) is 3.86. The zero-order valence-corrected chi connectivity index (χ0v) is 16.3. The monoisotopic (exact) mass is 383 g/mol. The van der Waals surface area contributed by atoms with Gasteiger partial charge in [0.25, 0.3) is 0 Å². The zero-order chi connectivity index (χ0) is 19.0. The molecule has 4 rings (SSSR count). The molecule has 6 heteroatoms. The van der Waals surface area contributed by atoms with Crippen LogP contribution in [0.1, 0.15) is 42.0 Å². The molecule has 2 aliphatic rings. The van der Waals surface area contributed by atoms with Crippen molar-refractivity contribution in [1.82, 2.24) is 14.9 Å². The number of aryl methyl sites for hydroxylation is 1. The van der Waals surface area contributed by atoms with Crippen LogP contribution in [0.15, 0.2) is 30.6 Å². The molecule has 1 fully saturated rings. The number of hydrogen-bond donors (Lipinski definition) is 0. The van der Waals surface area contributed by atoms with E-state index in [1.807, 2.05) is 17.0 Å². The number of piperazine rings is 1. The zero-order valence-electron chi connectivity index (χ0n) is 15.6. The molecule has 0 spiro atoms. The lowest BCUT2D eigenvalue weighted by Gasteiger charge is -2.37. The highest BCUT2D eigenvalue weighted by Gasteiger charge is 2.30. The van der Waals surface area contributed by atoms with E-state index in [4.69, 9.17) is 11.6 Å². The Kier molecular flexibility index (Phi) is 5.04. The third-order valence-corrected chi connectivity index (χ3v) is 5.97. The van der Waals surface area contributed by atoms with Gasteiger partial charge in [-0.25, -0.2) is 9.97 Å². The molecule has 0 N–H and O–H groups in total. The molecule has 1 aliphatic carbocycles. The Balaban J connectivity index is 1.43. The van der Waals surface area contributed by atoms with E-state index >= 15 is 0 Å². The maximum absolute atomic E-state index is 12.9. The van der Waals surface area contributed by atoms with E-state index in [1.54, 1.807) is 18.5 Å². The molecule has 1 aromatic carbocycles. The van der Waals surface area contributed by atoms with E-state index in [0.29, 0.717) is 24.0 Å². The molecule has 0 bridgehead atoms. The van der Waals surface area contributed by atoms with Gasteiger partial charge >= 0.3 is 0 Å². The third kappa shape index (κ3) is 3.53. The number of halogens is 1. The molecule has 2 heterocycles. The summed E-state index contributed by atoms with van der Waals surface area (Å²) in [5.41, 5.74) is 3.38. The van der Waals surface area contributed by atoms with E-state index < -0.39 is 5.92 Å². The van der Waals surface area contributed by atoms with Gasteiger partial charge in [-0.2, -0.15) is 0 Å². The molecule has 1 aromatic heterocycles. The number of benzene rings is 1. The number of fused-ring (bicyclic) bond motifs is 1. The van der Waals surface area contributed by atoms with E-state index in [-0.39, 0.29) is 5.91 Å². The van der Waals surface area contributed by atoms with Gasteiger partial charge in [-0.1, -0.05) is 30.7 Å². The van der Waals surface area contributed by atoms with Gasteiger partial charge < -0.3 is 9.80 Å². The van der Waals surface area contributed by atoms with E-state index in [0.717, 1.165) is 37.3 Å².